The highest BCUT2D eigenvalue weighted by molar-refractivity contribution is 7.99. The van der Waals surface area contributed by atoms with Crippen LogP contribution < -0.4 is 4.90 Å². The minimum absolute atomic E-state index is 0.217. The highest BCUT2D eigenvalue weighted by atomic mass is 35.5. The van der Waals surface area contributed by atoms with E-state index in [2.05, 4.69) is 19.9 Å². The second-order valence-electron chi connectivity index (χ2n) is 7.87. The highest BCUT2D eigenvalue weighted by Crippen LogP contribution is 2.40. The van der Waals surface area contributed by atoms with Gasteiger partial charge in [0.15, 0.2) is 5.69 Å². The summed E-state index contributed by atoms with van der Waals surface area (Å²) in [7, 11) is 0. The van der Waals surface area contributed by atoms with E-state index in [-0.39, 0.29) is 5.69 Å². The molecule has 0 N–H and O–H groups in total. The Labute approximate surface area is 189 Å². The van der Waals surface area contributed by atoms with Crippen LogP contribution in [0.4, 0.5) is 5.82 Å². The number of halogens is 1. The molecule has 0 bridgehead atoms. The van der Waals surface area contributed by atoms with Crippen molar-refractivity contribution < 1.29 is 9.15 Å². The van der Waals surface area contributed by atoms with Gasteiger partial charge in [0.25, 0.3) is 0 Å². The standard InChI is InChI=1S/C22H20ClN5O2S/c23-20-16(21-27-15(10-24)13-30-21)2-1-3-17(20)31-19-12-25-18(11-26-19)28-7-4-22(5-8-28)6-9-29-14-22/h1-3,11-13H,4-9,14H2. The minimum atomic E-state index is 0.217. The van der Waals surface area contributed by atoms with Gasteiger partial charge in [-0.05, 0) is 36.8 Å². The summed E-state index contributed by atoms with van der Waals surface area (Å²) in [4.78, 5) is 16.5. The van der Waals surface area contributed by atoms with Crippen LogP contribution in [0.15, 0.2) is 51.2 Å². The highest BCUT2D eigenvalue weighted by Gasteiger charge is 2.38. The summed E-state index contributed by atoms with van der Waals surface area (Å²) in [6.45, 7) is 3.76. The molecule has 2 aromatic heterocycles. The van der Waals surface area contributed by atoms with E-state index in [4.69, 9.17) is 26.0 Å². The summed E-state index contributed by atoms with van der Waals surface area (Å²) in [6, 6.07) is 7.55. The van der Waals surface area contributed by atoms with Gasteiger partial charge in [-0.25, -0.2) is 9.97 Å². The van der Waals surface area contributed by atoms with Crippen LogP contribution >= 0.6 is 23.4 Å². The second kappa shape index (κ2) is 8.50. The van der Waals surface area contributed by atoms with Gasteiger partial charge in [0.1, 0.15) is 23.2 Å². The molecule has 158 valence electrons. The van der Waals surface area contributed by atoms with Crippen LogP contribution in [0.3, 0.4) is 0 Å². The van der Waals surface area contributed by atoms with Gasteiger partial charge in [-0.15, -0.1) is 0 Å². The summed E-state index contributed by atoms with van der Waals surface area (Å²) < 4.78 is 11.0. The third-order valence-corrected chi connectivity index (χ3v) is 7.47. The average Bonchev–Trinajstić information content (AvgIpc) is 3.46. The zero-order chi connectivity index (χ0) is 21.3. The lowest BCUT2D eigenvalue weighted by molar-refractivity contribution is 0.133. The zero-order valence-corrected chi connectivity index (χ0v) is 18.3. The van der Waals surface area contributed by atoms with Crippen molar-refractivity contribution in [3.05, 3.63) is 47.6 Å². The molecule has 1 spiro atoms. The smallest absolute Gasteiger partial charge is 0.228 e. The minimum Gasteiger partial charge on any atom is -0.443 e. The number of hydrogen-bond acceptors (Lipinski definition) is 8. The normalized spacial score (nSPS) is 17.7. The molecular weight excluding hydrogens is 434 g/mol. The Balaban J connectivity index is 1.28. The first-order valence-electron chi connectivity index (χ1n) is 10.1. The van der Waals surface area contributed by atoms with E-state index >= 15 is 0 Å². The van der Waals surface area contributed by atoms with Crippen LogP contribution in [-0.2, 0) is 4.74 Å². The molecule has 9 heteroatoms. The molecule has 7 nitrogen and oxygen atoms in total. The average molecular weight is 454 g/mol. The van der Waals surface area contributed by atoms with Crippen molar-refractivity contribution in [2.24, 2.45) is 5.41 Å². The summed E-state index contributed by atoms with van der Waals surface area (Å²) in [5.41, 5.74) is 1.23. The van der Waals surface area contributed by atoms with Crippen molar-refractivity contribution >= 4 is 29.2 Å². The van der Waals surface area contributed by atoms with Gasteiger partial charge in [-0.3, -0.25) is 0 Å². The molecule has 0 aliphatic carbocycles. The maximum atomic E-state index is 8.95. The third kappa shape index (κ3) is 4.13. The third-order valence-electron chi connectivity index (χ3n) is 5.97. The van der Waals surface area contributed by atoms with Crippen molar-refractivity contribution in [1.82, 2.24) is 15.0 Å². The number of nitrogens with zero attached hydrogens (tertiary/aromatic N) is 5. The predicted molar refractivity (Wildman–Crippen MR) is 117 cm³/mol. The Hall–Kier alpha value is -2.60. The predicted octanol–water partition coefficient (Wildman–Crippen LogP) is 4.81. The van der Waals surface area contributed by atoms with Crippen LogP contribution in [0, 0.1) is 16.7 Å². The molecule has 0 unspecified atom stereocenters. The fourth-order valence-corrected chi connectivity index (χ4v) is 5.20. The largest absolute Gasteiger partial charge is 0.443 e. The van der Waals surface area contributed by atoms with Gasteiger partial charge in [0.2, 0.25) is 5.89 Å². The van der Waals surface area contributed by atoms with E-state index in [1.54, 1.807) is 6.20 Å². The van der Waals surface area contributed by atoms with Crippen LogP contribution in [-0.4, -0.2) is 41.3 Å². The maximum absolute atomic E-state index is 8.95. The van der Waals surface area contributed by atoms with Crippen molar-refractivity contribution in [2.75, 3.05) is 31.2 Å². The fraction of sp³-hybridized carbons (Fsp3) is 0.364. The molecule has 2 saturated heterocycles. The van der Waals surface area contributed by atoms with Crippen LogP contribution in [0.2, 0.25) is 5.02 Å². The molecule has 31 heavy (non-hydrogen) atoms. The summed E-state index contributed by atoms with van der Waals surface area (Å²) in [5.74, 6) is 1.22. The Kier molecular flexibility index (Phi) is 5.57. The van der Waals surface area contributed by atoms with Crippen molar-refractivity contribution in [3.63, 3.8) is 0 Å². The number of aromatic nitrogens is 3. The number of rotatable bonds is 4. The van der Waals surface area contributed by atoms with Crippen molar-refractivity contribution in [2.45, 2.75) is 29.2 Å². The topological polar surface area (TPSA) is 88.1 Å². The fourth-order valence-electron chi connectivity index (χ4n) is 4.10. The molecule has 4 heterocycles. The summed E-state index contributed by atoms with van der Waals surface area (Å²) >= 11 is 8.02. The monoisotopic (exact) mass is 453 g/mol. The molecule has 2 aliphatic heterocycles. The lowest BCUT2D eigenvalue weighted by Crippen LogP contribution is -2.40. The van der Waals surface area contributed by atoms with Crippen LogP contribution in [0.5, 0.6) is 0 Å². The van der Waals surface area contributed by atoms with Gasteiger partial charge < -0.3 is 14.1 Å². The lowest BCUT2D eigenvalue weighted by Gasteiger charge is -2.38. The zero-order valence-electron chi connectivity index (χ0n) is 16.8. The molecule has 0 atom stereocenters. The Morgan fingerprint density at radius 3 is 2.71 bits per heavy atom. The van der Waals surface area contributed by atoms with E-state index < -0.39 is 0 Å². The molecule has 0 saturated carbocycles. The Bertz CT molecular complexity index is 1110. The number of hydrogen-bond donors (Lipinski definition) is 0. The summed E-state index contributed by atoms with van der Waals surface area (Å²) in [5, 5.41) is 10.2. The number of oxazole rings is 1. The van der Waals surface area contributed by atoms with E-state index in [0.717, 1.165) is 54.9 Å². The first-order chi connectivity index (χ1) is 15.2. The number of ether oxygens (including phenoxy) is 1. The van der Waals surface area contributed by atoms with Crippen molar-refractivity contribution in [3.8, 4) is 17.5 Å². The second-order valence-corrected chi connectivity index (χ2v) is 9.31. The Morgan fingerprint density at radius 2 is 2.03 bits per heavy atom. The molecule has 2 fully saturated rings. The number of piperidine rings is 1. The SMILES string of the molecule is N#Cc1coc(-c2cccc(Sc3cnc(N4CCC5(CCOC5)CC4)cn3)c2Cl)n1. The van der Waals surface area contributed by atoms with Gasteiger partial charge in [0, 0.05) is 24.6 Å². The van der Waals surface area contributed by atoms with Gasteiger partial charge >= 0.3 is 0 Å². The van der Waals surface area contributed by atoms with E-state index in [1.807, 2.05) is 30.5 Å². The van der Waals surface area contributed by atoms with Gasteiger partial charge in [-0.2, -0.15) is 10.2 Å². The first-order valence-corrected chi connectivity index (χ1v) is 11.3. The van der Waals surface area contributed by atoms with E-state index in [1.165, 1.54) is 24.4 Å². The van der Waals surface area contributed by atoms with Crippen molar-refractivity contribution in [1.29, 1.82) is 5.26 Å². The number of nitriles is 1. The van der Waals surface area contributed by atoms with Crippen LogP contribution in [0.25, 0.3) is 11.5 Å². The molecule has 0 radical (unpaired) electrons. The van der Waals surface area contributed by atoms with Gasteiger partial charge in [-0.1, -0.05) is 29.4 Å². The Morgan fingerprint density at radius 1 is 1.16 bits per heavy atom. The van der Waals surface area contributed by atoms with Gasteiger partial charge in [0.05, 0.1) is 29.6 Å². The molecule has 3 aromatic rings. The first kappa shape index (κ1) is 20.3. The van der Waals surface area contributed by atoms with E-state index in [9.17, 15) is 0 Å². The molecule has 1 aromatic carbocycles. The number of benzene rings is 1. The summed E-state index contributed by atoms with van der Waals surface area (Å²) in [6.07, 6.45) is 8.39. The molecular formula is C22H20ClN5O2S. The molecule has 2 aliphatic rings. The number of anilines is 1. The quantitative estimate of drug-likeness (QED) is 0.555. The van der Waals surface area contributed by atoms with Crippen LogP contribution in [0.1, 0.15) is 25.0 Å². The molecule has 5 rings (SSSR count). The van der Waals surface area contributed by atoms with E-state index in [0.29, 0.717) is 21.9 Å². The maximum Gasteiger partial charge on any atom is 0.228 e. The lowest BCUT2D eigenvalue weighted by atomic mass is 9.78. The molecule has 0 amide bonds.